The third-order valence-corrected chi connectivity index (χ3v) is 2.49. The summed E-state index contributed by atoms with van der Waals surface area (Å²) < 4.78 is 2.02. The van der Waals surface area contributed by atoms with Gasteiger partial charge in [0.05, 0.1) is 11.0 Å². The summed E-state index contributed by atoms with van der Waals surface area (Å²) in [5.74, 6) is 0.698. The highest BCUT2D eigenvalue weighted by Gasteiger charge is 2.13. The Hall–Kier alpha value is -1.61. The lowest BCUT2D eigenvalue weighted by atomic mass is 10.3. The molecule has 84 valence electrons. The van der Waals surface area contributed by atoms with Crippen LogP contribution < -0.4 is 0 Å². The molecule has 2 rings (SSSR count). The minimum atomic E-state index is -0.563. The van der Waals surface area contributed by atoms with Gasteiger partial charge in [0.2, 0.25) is 0 Å². The summed E-state index contributed by atoms with van der Waals surface area (Å²) in [7, 11) is 0. The van der Waals surface area contributed by atoms with Crippen molar-refractivity contribution < 1.29 is 5.11 Å². The molecule has 0 saturated carbocycles. The normalized spacial score (nSPS) is 12.9. The number of para-hydroxylation sites is 2. The number of rotatable bonds is 3. The molecule has 2 aromatic rings. The van der Waals surface area contributed by atoms with Gasteiger partial charge < -0.3 is 9.67 Å². The van der Waals surface area contributed by atoms with Crippen LogP contribution in [-0.2, 0) is 6.54 Å². The van der Waals surface area contributed by atoms with E-state index in [2.05, 4.69) is 11.6 Å². The van der Waals surface area contributed by atoms with Crippen molar-refractivity contribution in [2.24, 2.45) is 0 Å². The molecule has 1 N–H and O–H groups in total. The molecule has 3 nitrogen and oxygen atoms in total. The lowest BCUT2D eigenvalue weighted by Crippen LogP contribution is -2.07. The molecule has 0 bridgehead atoms. The number of aromatic nitrogens is 2. The molecule has 1 atom stereocenters. The Morgan fingerprint density at radius 1 is 1.50 bits per heavy atom. The Morgan fingerprint density at radius 3 is 2.81 bits per heavy atom. The maximum absolute atomic E-state index is 9.71. The molecule has 16 heavy (non-hydrogen) atoms. The Bertz CT molecular complexity index is 526. The molecule has 3 heteroatoms. The summed E-state index contributed by atoms with van der Waals surface area (Å²) in [6, 6.07) is 7.89. The fourth-order valence-electron chi connectivity index (χ4n) is 1.85. The zero-order valence-electron chi connectivity index (χ0n) is 9.64. The highest BCUT2D eigenvalue weighted by atomic mass is 16.3. The fourth-order valence-corrected chi connectivity index (χ4v) is 1.85. The Balaban J connectivity index is 2.64. The van der Waals surface area contributed by atoms with Gasteiger partial charge in [-0.2, -0.15) is 0 Å². The Labute approximate surface area is 95.0 Å². The van der Waals surface area contributed by atoms with Crippen molar-refractivity contribution in [1.29, 1.82) is 0 Å². The number of nitrogens with zero attached hydrogens (tertiary/aromatic N) is 2. The lowest BCUT2D eigenvalue weighted by molar-refractivity contribution is 0.185. The number of allylic oxidation sites excluding steroid dienone is 1. The van der Waals surface area contributed by atoms with Crippen LogP contribution in [-0.4, -0.2) is 14.7 Å². The third kappa shape index (κ3) is 1.86. The van der Waals surface area contributed by atoms with Gasteiger partial charge >= 0.3 is 0 Å². The summed E-state index contributed by atoms with van der Waals surface area (Å²) in [6.45, 7) is 8.31. The minimum absolute atomic E-state index is 0.563. The van der Waals surface area contributed by atoms with E-state index in [-0.39, 0.29) is 0 Å². The van der Waals surface area contributed by atoms with Crippen LogP contribution in [0.25, 0.3) is 11.0 Å². The van der Waals surface area contributed by atoms with E-state index < -0.39 is 6.10 Å². The van der Waals surface area contributed by atoms with E-state index in [0.717, 1.165) is 16.6 Å². The Morgan fingerprint density at radius 2 is 2.19 bits per heavy atom. The van der Waals surface area contributed by atoms with Crippen LogP contribution in [0, 0.1) is 0 Å². The van der Waals surface area contributed by atoms with Crippen molar-refractivity contribution >= 4 is 11.0 Å². The maximum Gasteiger partial charge on any atom is 0.138 e. The molecule has 0 aliphatic rings. The molecule has 0 amide bonds. The SMILES string of the molecule is C=C(C)Cn1c(C(C)O)nc2ccccc21. The van der Waals surface area contributed by atoms with Gasteiger partial charge in [-0.25, -0.2) is 4.98 Å². The molecule has 0 fully saturated rings. The molecule has 0 aliphatic carbocycles. The first-order valence-corrected chi connectivity index (χ1v) is 5.37. The summed E-state index contributed by atoms with van der Waals surface area (Å²) >= 11 is 0. The van der Waals surface area contributed by atoms with Crippen LogP contribution in [0.5, 0.6) is 0 Å². The van der Waals surface area contributed by atoms with Crippen LogP contribution in [0.15, 0.2) is 36.4 Å². The smallest absolute Gasteiger partial charge is 0.138 e. The average Bonchev–Trinajstić information content (AvgIpc) is 2.57. The molecule has 0 aliphatic heterocycles. The second-order valence-corrected chi connectivity index (χ2v) is 4.18. The van der Waals surface area contributed by atoms with Gasteiger partial charge in [0.1, 0.15) is 11.9 Å². The van der Waals surface area contributed by atoms with E-state index in [1.165, 1.54) is 0 Å². The van der Waals surface area contributed by atoms with E-state index in [1.54, 1.807) is 6.92 Å². The quantitative estimate of drug-likeness (QED) is 0.801. The first-order valence-electron chi connectivity index (χ1n) is 5.37. The maximum atomic E-state index is 9.71. The van der Waals surface area contributed by atoms with E-state index in [4.69, 9.17) is 0 Å². The largest absolute Gasteiger partial charge is 0.385 e. The predicted molar refractivity (Wildman–Crippen MR) is 65.2 cm³/mol. The number of aliphatic hydroxyl groups excluding tert-OH is 1. The number of hydrogen-bond donors (Lipinski definition) is 1. The zero-order valence-corrected chi connectivity index (χ0v) is 9.64. The Kier molecular flexibility index (Phi) is 2.79. The summed E-state index contributed by atoms with van der Waals surface area (Å²) in [5.41, 5.74) is 3.01. The van der Waals surface area contributed by atoms with Crippen LogP contribution in [0.1, 0.15) is 25.8 Å². The van der Waals surface area contributed by atoms with Gasteiger partial charge in [-0.05, 0) is 26.0 Å². The number of benzene rings is 1. The molecule has 1 heterocycles. The first kappa shape index (κ1) is 10.9. The molecule has 0 spiro atoms. The summed E-state index contributed by atoms with van der Waals surface area (Å²) in [6.07, 6.45) is -0.563. The highest BCUT2D eigenvalue weighted by molar-refractivity contribution is 5.76. The minimum Gasteiger partial charge on any atom is -0.385 e. The second-order valence-electron chi connectivity index (χ2n) is 4.18. The molecule has 0 radical (unpaired) electrons. The monoisotopic (exact) mass is 216 g/mol. The van der Waals surface area contributed by atoms with Gasteiger partial charge in [0, 0.05) is 6.54 Å². The standard InChI is InChI=1S/C13H16N2O/c1-9(2)8-15-12-7-5-4-6-11(12)14-13(15)10(3)16/h4-7,10,16H,1,8H2,2-3H3. The van der Waals surface area contributed by atoms with Gasteiger partial charge in [-0.3, -0.25) is 0 Å². The van der Waals surface area contributed by atoms with Gasteiger partial charge in [0.15, 0.2) is 0 Å². The van der Waals surface area contributed by atoms with Crippen molar-refractivity contribution in [3.63, 3.8) is 0 Å². The molecular weight excluding hydrogens is 200 g/mol. The van der Waals surface area contributed by atoms with E-state index in [0.29, 0.717) is 12.4 Å². The van der Waals surface area contributed by atoms with Crippen LogP contribution in [0.3, 0.4) is 0 Å². The fraction of sp³-hybridized carbons (Fsp3) is 0.308. The van der Waals surface area contributed by atoms with E-state index in [9.17, 15) is 5.11 Å². The van der Waals surface area contributed by atoms with Crippen LogP contribution in [0.2, 0.25) is 0 Å². The van der Waals surface area contributed by atoms with Crippen LogP contribution >= 0.6 is 0 Å². The molecular formula is C13H16N2O. The summed E-state index contributed by atoms with van der Waals surface area (Å²) in [4.78, 5) is 4.44. The van der Waals surface area contributed by atoms with Crippen molar-refractivity contribution in [3.8, 4) is 0 Å². The third-order valence-electron chi connectivity index (χ3n) is 2.49. The number of hydrogen-bond acceptors (Lipinski definition) is 2. The van der Waals surface area contributed by atoms with Crippen LogP contribution in [0.4, 0.5) is 0 Å². The highest BCUT2D eigenvalue weighted by Crippen LogP contribution is 2.21. The van der Waals surface area contributed by atoms with Crippen molar-refractivity contribution in [3.05, 3.63) is 42.2 Å². The number of fused-ring (bicyclic) bond motifs is 1. The molecule has 1 aromatic carbocycles. The van der Waals surface area contributed by atoms with Gasteiger partial charge in [0.25, 0.3) is 0 Å². The van der Waals surface area contributed by atoms with Crippen molar-refractivity contribution in [2.45, 2.75) is 26.5 Å². The molecule has 1 aromatic heterocycles. The van der Waals surface area contributed by atoms with Crippen molar-refractivity contribution in [2.75, 3.05) is 0 Å². The molecule has 0 saturated heterocycles. The summed E-state index contributed by atoms with van der Waals surface area (Å²) in [5, 5.41) is 9.71. The predicted octanol–water partition coefficient (Wildman–Crippen LogP) is 2.67. The molecule has 1 unspecified atom stereocenters. The first-order chi connectivity index (χ1) is 7.59. The van der Waals surface area contributed by atoms with E-state index >= 15 is 0 Å². The van der Waals surface area contributed by atoms with E-state index in [1.807, 2.05) is 35.8 Å². The number of imidazole rings is 1. The average molecular weight is 216 g/mol. The zero-order chi connectivity index (χ0) is 11.7. The van der Waals surface area contributed by atoms with Crippen molar-refractivity contribution in [1.82, 2.24) is 9.55 Å². The topological polar surface area (TPSA) is 38.0 Å². The van der Waals surface area contributed by atoms with Gasteiger partial charge in [-0.15, -0.1) is 0 Å². The number of aliphatic hydroxyl groups is 1. The van der Waals surface area contributed by atoms with Gasteiger partial charge in [-0.1, -0.05) is 24.3 Å². The second kappa shape index (κ2) is 4.10. The lowest BCUT2D eigenvalue weighted by Gasteiger charge is -2.10.